The normalized spacial score (nSPS) is 18.8. The molecular weight excluding hydrogens is 416 g/mol. The fourth-order valence-corrected chi connectivity index (χ4v) is 4.05. The topological polar surface area (TPSA) is 82.6 Å². The third-order valence-corrected chi connectivity index (χ3v) is 5.77. The largest absolute Gasteiger partial charge is 0.338 e. The number of carbonyl (C=O) groups is 3. The summed E-state index contributed by atoms with van der Waals surface area (Å²) in [5.41, 5.74) is 1.83. The van der Waals surface area contributed by atoms with E-state index in [0.29, 0.717) is 30.1 Å². The molecule has 1 atom stereocenters. The molecule has 1 saturated heterocycles. The molecule has 1 unspecified atom stereocenters. The van der Waals surface area contributed by atoms with Crippen LogP contribution >= 0.6 is 11.6 Å². The minimum atomic E-state index is -0.738. The molecule has 8 heteroatoms. The Bertz CT molecular complexity index is 1050. The summed E-state index contributed by atoms with van der Waals surface area (Å²) in [6.07, 6.45) is 2.01. The molecule has 0 spiro atoms. The highest BCUT2D eigenvalue weighted by Gasteiger charge is 2.41. The summed E-state index contributed by atoms with van der Waals surface area (Å²) >= 11 is 5.97. The van der Waals surface area contributed by atoms with E-state index in [4.69, 9.17) is 11.6 Å². The van der Waals surface area contributed by atoms with E-state index in [9.17, 15) is 14.4 Å². The number of amides is 3. The average Bonchev–Trinajstić information content (AvgIpc) is 2.82. The van der Waals surface area contributed by atoms with Crippen LogP contribution in [-0.4, -0.2) is 58.2 Å². The highest BCUT2D eigenvalue weighted by Crippen LogP contribution is 2.29. The second-order valence-electron chi connectivity index (χ2n) is 9.21. The van der Waals surface area contributed by atoms with Gasteiger partial charge in [-0.05, 0) is 29.2 Å². The van der Waals surface area contributed by atoms with E-state index in [0.717, 1.165) is 11.1 Å². The number of fused-ring (bicyclic) bond motifs is 2. The van der Waals surface area contributed by atoms with Gasteiger partial charge < -0.3 is 15.1 Å². The number of halogens is 1. The first-order valence-electron chi connectivity index (χ1n) is 10.3. The summed E-state index contributed by atoms with van der Waals surface area (Å²) in [6.45, 7) is 6.91. The molecule has 0 bridgehead atoms. The van der Waals surface area contributed by atoms with Crippen molar-refractivity contribution >= 4 is 35.1 Å². The van der Waals surface area contributed by atoms with Crippen LogP contribution in [0.15, 0.2) is 36.5 Å². The summed E-state index contributed by atoms with van der Waals surface area (Å²) in [6, 6.07) is 8.26. The molecule has 7 nitrogen and oxygen atoms in total. The summed E-state index contributed by atoms with van der Waals surface area (Å²) in [5, 5.41) is 3.40. The van der Waals surface area contributed by atoms with Crippen molar-refractivity contribution in [3.8, 4) is 11.1 Å². The van der Waals surface area contributed by atoms with Gasteiger partial charge in [0.25, 0.3) is 5.91 Å². The molecule has 3 amide bonds. The number of nitrogens with zero attached hydrogens (tertiary/aromatic N) is 3. The van der Waals surface area contributed by atoms with Gasteiger partial charge in [-0.25, -0.2) is 4.98 Å². The van der Waals surface area contributed by atoms with Crippen LogP contribution in [0, 0.1) is 5.41 Å². The second kappa shape index (κ2) is 7.96. The van der Waals surface area contributed by atoms with Crippen LogP contribution in [0.5, 0.6) is 0 Å². The monoisotopic (exact) mass is 440 g/mol. The number of nitrogens with one attached hydrogen (secondary N) is 1. The predicted molar refractivity (Wildman–Crippen MR) is 119 cm³/mol. The van der Waals surface area contributed by atoms with E-state index in [2.05, 4.69) is 10.3 Å². The maximum absolute atomic E-state index is 13.3. The van der Waals surface area contributed by atoms with E-state index in [1.54, 1.807) is 34.2 Å². The molecular formula is C23H25ClN4O3. The van der Waals surface area contributed by atoms with Crippen LogP contribution in [0.2, 0.25) is 5.02 Å². The highest BCUT2D eigenvalue weighted by atomic mass is 35.5. The Morgan fingerprint density at radius 1 is 1.16 bits per heavy atom. The number of aromatic nitrogens is 1. The zero-order chi connectivity index (χ0) is 22.3. The molecule has 1 fully saturated rings. The van der Waals surface area contributed by atoms with Crippen LogP contribution in [0.1, 0.15) is 37.6 Å². The lowest BCUT2D eigenvalue weighted by atomic mass is 9.91. The van der Waals surface area contributed by atoms with Crippen LogP contribution in [-0.2, 0) is 9.59 Å². The molecule has 31 heavy (non-hydrogen) atoms. The average molecular weight is 441 g/mol. The van der Waals surface area contributed by atoms with Gasteiger partial charge in [-0.3, -0.25) is 14.4 Å². The number of rotatable bonds is 2. The maximum atomic E-state index is 13.3. The van der Waals surface area contributed by atoms with Crippen molar-refractivity contribution in [2.24, 2.45) is 5.41 Å². The van der Waals surface area contributed by atoms with Gasteiger partial charge in [0.1, 0.15) is 11.9 Å². The highest BCUT2D eigenvalue weighted by molar-refractivity contribution is 6.30. The molecule has 162 valence electrons. The lowest BCUT2D eigenvalue weighted by Crippen LogP contribution is -2.59. The molecule has 0 aliphatic carbocycles. The third-order valence-electron chi connectivity index (χ3n) is 5.52. The molecule has 1 aromatic carbocycles. The van der Waals surface area contributed by atoms with E-state index in [1.165, 1.54) is 0 Å². The van der Waals surface area contributed by atoms with Crippen molar-refractivity contribution in [1.82, 2.24) is 14.8 Å². The molecule has 1 aromatic heterocycles. The second-order valence-corrected chi connectivity index (χ2v) is 9.64. The van der Waals surface area contributed by atoms with E-state index in [-0.39, 0.29) is 35.5 Å². The lowest BCUT2D eigenvalue weighted by molar-refractivity contribution is -0.137. The molecule has 2 aliphatic rings. The summed E-state index contributed by atoms with van der Waals surface area (Å²) in [7, 11) is 0. The summed E-state index contributed by atoms with van der Waals surface area (Å²) < 4.78 is 0. The first kappa shape index (κ1) is 21.3. The minimum absolute atomic E-state index is 0.00249. The number of anilines is 1. The summed E-state index contributed by atoms with van der Waals surface area (Å²) in [4.78, 5) is 46.5. The molecule has 3 heterocycles. The van der Waals surface area contributed by atoms with E-state index < -0.39 is 6.04 Å². The molecule has 0 saturated carbocycles. The number of hydrogen-bond donors (Lipinski definition) is 1. The zero-order valence-corrected chi connectivity index (χ0v) is 18.6. The van der Waals surface area contributed by atoms with Crippen molar-refractivity contribution in [3.63, 3.8) is 0 Å². The molecule has 0 radical (unpaired) electrons. The van der Waals surface area contributed by atoms with Crippen molar-refractivity contribution in [2.45, 2.75) is 33.2 Å². The number of pyridine rings is 1. The number of carbonyl (C=O) groups excluding carboxylic acids is 3. The van der Waals surface area contributed by atoms with Crippen LogP contribution in [0.3, 0.4) is 0 Å². The van der Waals surface area contributed by atoms with E-state index >= 15 is 0 Å². The van der Waals surface area contributed by atoms with Crippen molar-refractivity contribution in [3.05, 3.63) is 47.1 Å². The third kappa shape index (κ3) is 4.42. The zero-order valence-electron chi connectivity index (χ0n) is 17.8. The predicted octanol–water partition coefficient (Wildman–Crippen LogP) is 3.44. The van der Waals surface area contributed by atoms with Crippen LogP contribution in [0.4, 0.5) is 5.82 Å². The van der Waals surface area contributed by atoms with Gasteiger partial charge in [0.15, 0.2) is 0 Å². The first-order chi connectivity index (χ1) is 14.6. The Kier molecular flexibility index (Phi) is 5.47. The van der Waals surface area contributed by atoms with Gasteiger partial charge >= 0.3 is 0 Å². The van der Waals surface area contributed by atoms with Crippen molar-refractivity contribution < 1.29 is 14.4 Å². The van der Waals surface area contributed by atoms with Gasteiger partial charge in [0.05, 0.1) is 12.1 Å². The molecule has 1 N–H and O–H groups in total. The smallest absolute Gasteiger partial charge is 0.258 e. The number of hydrogen-bond acceptors (Lipinski definition) is 4. The standard InChI is InChI=1S/C23H25ClN4O3/c1-23(2,3)11-19(29)27-8-9-28-18(13-27)21(30)26-20-17(22(28)31)10-15(12-25-20)14-4-6-16(24)7-5-14/h4-7,10,12,18H,8-9,11,13H2,1-3H3,(H,25,26,30). The Hall–Kier alpha value is -2.93. The van der Waals surface area contributed by atoms with Crippen LogP contribution in [0.25, 0.3) is 11.1 Å². The number of benzene rings is 1. The van der Waals surface area contributed by atoms with E-state index in [1.807, 2.05) is 32.9 Å². The quantitative estimate of drug-likeness (QED) is 0.775. The molecule has 2 aliphatic heterocycles. The fraction of sp³-hybridized carbons (Fsp3) is 0.391. The Balaban J connectivity index is 1.60. The lowest BCUT2D eigenvalue weighted by Gasteiger charge is -2.40. The Labute approximate surface area is 186 Å². The van der Waals surface area contributed by atoms with Gasteiger partial charge in [-0.1, -0.05) is 44.5 Å². The maximum Gasteiger partial charge on any atom is 0.258 e. The fourth-order valence-electron chi connectivity index (χ4n) is 3.92. The van der Waals surface area contributed by atoms with Gasteiger partial charge in [0.2, 0.25) is 11.8 Å². The SMILES string of the molecule is CC(C)(C)CC(=O)N1CCN2C(=O)c3cc(-c4ccc(Cl)cc4)cnc3NC(=O)C2C1. The first-order valence-corrected chi connectivity index (χ1v) is 10.7. The van der Waals surface area contributed by atoms with Gasteiger partial charge in [-0.15, -0.1) is 0 Å². The van der Waals surface area contributed by atoms with Crippen LogP contribution < -0.4 is 5.32 Å². The van der Waals surface area contributed by atoms with Gasteiger partial charge in [-0.2, -0.15) is 0 Å². The molecule has 2 aromatic rings. The van der Waals surface area contributed by atoms with Gasteiger partial charge in [0, 0.05) is 36.3 Å². The Morgan fingerprint density at radius 3 is 2.55 bits per heavy atom. The number of piperazine rings is 1. The minimum Gasteiger partial charge on any atom is -0.338 e. The van der Waals surface area contributed by atoms with Crippen molar-refractivity contribution in [2.75, 3.05) is 25.0 Å². The molecule has 4 rings (SSSR count). The van der Waals surface area contributed by atoms with Crippen molar-refractivity contribution in [1.29, 1.82) is 0 Å². The summed E-state index contributed by atoms with van der Waals surface area (Å²) in [5.74, 6) is -0.344. The Morgan fingerprint density at radius 2 is 1.87 bits per heavy atom.